The summed E-state index contributed by atoms with van der Waals surface area (Å²) < 4.78 is 5.12. The molecule has 1 heterocycles. The molecular formula is C15H20N2O2. The van der Waals surface area contributed by atoms with Crippen molar-refractivity contribution in [1.29, 1.82) is 0 Å². The molecule has 19 heavy (non-hydrogen) atoms. The number of hydrogen-bond donors (Lipinski definition) is 1. The van der Waals surface area contributed by atoms with E-state index in [2.05, 4.69) is 22.4 Å². The zero-order valence-electron chi connectivity index (χ0n) is 11.0. The summed E-state index contributed by atoms with van der Waals surface area (Å²) >= 11 is 0. The van der Waals surface area contributed by atoms with Gasteiger partial charge in [-0.1, -0.05) is 42.5 Å². The van der Waals surface area contributed by atoms with Crippen molar-refractivity contribution in [3.63, 3.8) is 0 Å². The summed E-state index contributed by atoms with van der Waals surface area (Å²) in [5.41, 5.74) is 1.00. The highest BCUT2D eigenvalue weighted by atomic mass is 16.5. The molecule has 0 unspecified atom stereocenters. The van der Waals surface area contributed by atoms with Gasteiger partial charge in [-0.25, -0.2) is 4.79 Å². The summed E-state index contributed by atoms with van der Waals surface area (Å²) in [5.74, 6) is 0. The number of amides is 1. The van der Waals surface area contributed by atoms with Crippen molar-refractivity contribution in [3.8, 4) is 0 Å². The van der Waals surface area contributed by atoms with Crippen LogP contribution in [0, 0.1) is 0 Å². The molecule has 0 atom stereocenters. The fraction of sp³-hybridized carbons (Fsp3) is 0.400. The van der Waals surface area contributed by atoms with Gasteiger partial charge >= 0.3 is 6.09 Å². The molecule has 2 rings (SSSR count). The van der Waals surface area contributed by atoms with E-state index in [1.807, 2.05) is 30.3 Å². The van der Waals surface area contributed by atoms with Gasteiger partial charge in [0.05, 0.1) is 0 Å². The van der Waals surface area contributed by atoms with Gasteiger partial charge in [0.2, 0.25) is 0 Å². The summed E-state index contributed by atoms with van der Waals surface area (Å²) in [6.07, 6.45) is 4.94. The fourth-order valence-electron chi connectivity index (χ4n) is 1.97. The highest BCUT2D eigenvalue weighted by Crippen LogP contribution is 2.01. The molecule has 1 amide bonds. The van der Waals surface area contributed by atoms with Gasteiger partial charge in [0.1, 0.15) is 6.61 Å². The van der Waals surface area contributed by atoms with Crippen LogP contribution in [0.3, 0.4) is 0 Å². The standard InChI is InChI=1S/C15H20N2O2/c18-15(19-13-14-7-2-1-3-8-14)16-9-6-12-17-10-4-5-11-17/h1-5,7-8H,6,9-13H2,(H,16,18). The van der Waals surface area contributed by atoms with Crippen molar-refractivity contribution in [1.82, 2.24) is 10.2 Å². The zero-order valence-corrected chi connectivity index (χ0v) is 11.0. The number of nitrogens with zero attached hydrogens (tertiary/aromatic N) is 1. The number of hydrogen-bond acceptors (Lipinski definition) is 3. The SMILES string of the molecule is O=C(NCCCN1CC=CC1)OCc1ccccc1. The Kier molecular flexibility index (Phi) is 5.44. The summed E-state index contributed by atoms with van der Waals surface area (Å²) in [7, 11) is 0. The number of alkyl carbamates (subject to hydrolysis) is 1. The Morgan fingerprint density at radius 3 is 2.68 bits per heavy atom. The minimum Gasteiger partial charge on any atom is -0.445 e. The normalized spacial score (nSPS) is 14.5. The fourth-order valence-corrected chi connectivity index (χ4v) is 1.97. The maximum atomic E-state index is 11.5. The van der Waals surface area contributed by atoms with E-state index < -0.39 is 0 Å². The molecule has 0 saturated carbocycles. The number of carbonyl (C=O) groups excluding carboxylic acids is 1. The molecule has 1 aromatic rings. The molecule has 0 aromatic heterocycles. The summed E-state index contributed by atoms with van der Waals surface area (Å²) in [5, 5.41) is 2.77. The second-order valence-corrected chi connectivity index (χ2v) is 4.57. The van der Waals surface area contributed by atoms with Gasteiger partial charge in [0.25, 0.3) is 0 Å². The van der Waals surface area contributed by atoms with Crippen LogP contribution < -0.4 is 5.32 Å². The van der Waals surface area contributed by atoms with Gasteiger partial charge in [-0.15, -0.1) is 0 Å². The van der Waals surface area contributed by atoms with Crippen LogP contribution in [0.15, 0.2) is 42.5 Å². The van der Waals surface area contributed by atoms with Gasteiger partial charge in [-0.05, 0) is 12.0 Å². The van der Waals surface area contributed by atoms with Crippen LogP contribution in [-0.2, 0) is 11.3 Å². The van der Waals surface area contributed by atoms with Crippen molar-refractivity contribution in [2.45, 2.75) is 13.0 Å². The number of benzene rings is 1. The van der Waals surface area contributed by atoms with Gasteiger partial charge in [0.15, 0.2) is 0 Å². The maximum Gasteiger partial charge on any atom is 0.407 e. The largest absolute Gasteiger partial charge is 0.445 e. The molecule has 0 radical (unpaired) electrons. The molecule has 0 aliphatic carbocycles. The lowest BCUT2D eigenvalue weighted by molar-refractivity contribution is 0.139. The third-order valence-electron chi connectivity index (χ3n) is 3.03. The number of rotatable bonds is 6. The molecule has 4 heteroatoms. The monoisotopic (exact) mass is 260 g/mol. The molecular weight excluding hydrogens is 240 g/mol. The van der Waals surface area contributed by atoms with E-state index in [0.29, 0.717) is 13.2 Å². The molecule has 102 valence electrons. The number of carbonyl (C=O) groups is 1. The predicted molar refractivity (Wildman–Crippen MR) is 74.8 cm³/mol. The first-order valence-electron chi connectivity index (χ1n) is 6.66. The lowest BCUT2D eigenvalue weighted by Gasteiger charge is -2.14. The maximum absolute atomic E-state index is 11.5. The lowest BCUT2D eigenvalue weighted by atomic mass is 10.2. The second-order valence-electron chi connectivity index (χ2n) is 4.57. The molecule has 1 aliphatic heterocycles. The zero-order chi connectivity index (χ0) is 13.3. The van der Waals surface area contributed by atoms with E-state index in [-0.39, 0.29) is 6.09 Å². The first-order chi connectivity index (χ1) is 9.34. The van der Waals surface area contributed by atoms with E-state index in [1.165, 1.54) is 0 Å². The predicted octanol–water partition coefficient (Wildman–Crippen LogP) is 2.17. The number of ether oxygens (including phenoxy) is 1. The molecule has 0 bridgehead atoms. The Balaban J connectivity index is 1.52. The van der Waals surface area contributed by atoms with Crippen molar-refractivity contribution >= 4 is 6.09 Å². The van der Waals surface area contributed by atoms with Crippen LogP contribution in [0.25, 0.3) is 0 Å². The quantitative estimate of drug-likeness (QED) is 0.629. The van der Waals surface area contributed by atoms with Crippen LogP contribution in [0.2, 0.25) is 0 Å². The Labute approximate surface area is 114 Å². The topological polar surface area (TPSA) is 41.6 Å². The summed E-state index contributed by atoms with van der Waals surface area (Å²) in [6.45, 7) is 4.04. The van der Waals surface area contributed by atoms with Crippen LogP contribution >= 0.6 is 0 Å². The van der Waals surface area contributed by atoms with E-state index in [9.17, 15) is 4.79 Å². The first-order valence-corrected chi connectivity index (χ1v) is 6.66. The minimum atomic E-state index is -0.344. The molecule has 1 aliphatic rings. The van der Waals surface area contributed by atoms with E-state index in [1.54, 1.807) is 0 Å². The highest BCUT2D eigenvalue weighted by molar-refractivity contribution is 5.67. The first kappa shape index (κ1) is 13.6. The summed E-state index contributed by atoms with van der Waals surface area (Å²) in [4.78, 5) is 13.8. The van der Waals surface area contributed by atoms with E-state index >= 15 is 0 Å². The van der Waals surface area contributed by atoms with E-state index in [4.69, 9.17) is 4.74 Å². The Bertz CT molecular complexity index is 409. The van der Waals surface area contributed by atoms with Crippen LogP contribution in [-0.4, -0.2) is 37.2 Å². The van der Waals surface area contributed by atoms with Gasteiger partial charge in [-0.2, -0.15) is 0 Å². The van der Waals surface area contributed by atoms with Crippen LogP contribution in [0.4, 0.5) is 4.79 Å². The van der Waals surface area contributed by atoms with Crippen LogP contribution in [0.1, 0.15) is 12.0 Å². The average Bonchev–Trinajstić information content (AvgIpc) is 2.96. The molecule has 1 aromatic carbocycles. The van der Waals surface area contributed by atoms with Gasteiger partial charge in [-0.3, -0.25) is 4.90 Å². The minimum absolute atomic E-state index is 0.322. The number of nitrogens with one attached hydrogen (secondary N) is 1. The van der Waals surface area contributed by atoms with Crippen molar-refractivity contribution in [3.05, 3.63) is 48.0 Å². The molecule has 1 N–H and O–H groups in total. The smallest absolute Gasteiger partial charge is 0.407 e. The third-order valence-corrected chi connectivity index (χ3v) is 3.03. The average molecular weight is 260 g/mol. The molecule has 0 saturated heterocycles. The third kappa shape index (κ3) is 5.14. The van der Waals surface area contributed by atoms with Crippen molar-refractivity contribution in [2.75, 3.05) is 26.2 Å². The summed E-state index contributed by atoms with van der Waals surface area (Å²) in [6, 6.07) is 9.68. The Morgan fingerprint density at radius 1 is 1.21 bits per heavy atom. The Hall–Kier alpha value is -1.81. The second kappa shape index (κ2) is 7.59. The van der Waals surface area contributed by atoms with E-state index in [0.717, 1.165) is 31.6 Å². The highest BCUT2D eigenvalue weighted by Gasteiger charge is 2.06. The van der Waals surface area contributed by atoms with Gasteiger partial charge < -0.3 is 10.1 Å². The Morgan fingerprint density at radius 2 is 1.95 bits per heavy atom. The van der Waals surface area contributed by atoms with Crippen molar-refractivity contribution < 1.29 is 9.53 Å². The molecule has 4 nitrogen and oxygen atoms in total. The lowest BCUT2D eigenvalue weighted by Crippen LogP contribution is -2.29. The van der Waals surface area contributed by atoms with Gasteiger partial charge in [0, 0.05) is 26.2 Å². The van der Waals surface area contributed by atoms with Crippen molar-refractivity contribution in [2.24, 2.45) is 0 Å². The van der Waals surface area contributed by atoms with Crippen LogP contribution in [0.5, 0.6) is 0 Å². The molecule has 0 fully saturated rings. The molecule has 0 spiro atoms.